The van der Waals surface area contributed by atoms with Crippen molar-refractivity contribution in [1.29, 1.82) is 0 Å². The lowest BCUT2D eigenvalue weighted by atomic mass is 10.2. The molecule has 0 aliphatic carbocycles. The zero-order valence-corrected chi connectivity index (χ0v) is 15.9. The van der Waals surface area contributed by atoms with E-state index in [1.807, 2.05) is 11.8 Å². The minimum Gasteiger partial charge on any atom is -0.298 e. The van der Waals surface area contributed by atoms with Crippen LogP contribution in [0.1, 0.15) is 12.8 Å². The summed E-state index contributed by atoms with van der Waals surface area (Å²) < 4.78 is 27.4. The van der Waals surface area contributed by atoms with E-state index in [2.05, 4.69) is 4.90 Å². The Kier molecular flexibility index (Phi) is 5.81. The van der Waals surface area contributed by atoms with E-state index in [4.69, 9.17) is 23.2 Å². The molecular weight excluding hydrogens is 375 g/mol. The Balaban J connectivity index is 1.76. The fourth-order valence-electron chi connectivity index (χ4n) is 3.14. The Bertz CT molecular complexity index is 663. The van der Waals surface area contributed by atoms with Gasteiger partial charge in [0.05, 0.1) is 5.02 Å². The molecule has 128 valence electrons. The summed E-state index contributed by atoms with van der Waals surface area (Å²) in [6.45, 7) is 2.77. The van der Waals surface area contributed by atoms with Crippen molar-refractivity contribution in [2.24, 2.45) is 0 Å². The molecule has 3 rings (SSSR count). The van der Waals surface area contributed by atoms with Crippen molar-refractivity contribution < 1.29 is 8.42 Å². The predicted molar refractivity (Wildman–Crippen MR) is 97.1 cm³/mol. The molecule has 0 saturated carbocycles. The Labute approximate surface area is 152 Å². The summed E-state index contributed by atoms with van der Waals surface area (Å²) >= 11 is 14.0. The van der Waals surface area contributed by atoms with Gasteiger partial charge in [-0.2, -0.15) is 16.1 Å². The summed E-state index contributed by atoms with van der Waals surface area (Å²) in [5.41, 5.74) is 0. The number of nitrogens with zero attached hydrogens (tertiary/aromatic N) is 2. The molecule has 8 heteroatoms. The van der Waals surface area contributed by atoms with Gasteiger partial charge in [0.15, 0.2) is 0 Å². The maximum Gasteiger partial charge on any atom is 0.244 e. The summed E-state index contributed by atoms with van der Waals surface area (Å²) in [6.07, 6.45) is 2.05. The van der Waals surface area contributed by atoms with Gasteiger partial charge in [0.1, 0.15) is 4.90 Å². The van der Waals surface area contributed by atoms with Crippen LogP contribution in [0.3, 0.4) is 0 Å². The van der Waals surface area contributed by atoms with Crippen LogP contribution >= 0.6 is 35.0 Å². The number of sulfonamides is 1. The molecule has 2 heterocycles. The Morgan fingerprint density at radius 1 is 1.13 bits per heavy atom. The molecule has 4 nitrogen and oxygen atoms in total. The zero-order chi connectivity index (χ0) is 16.4. The normalized spacial score (nSPS) is 24.7. The van der Waals surface area contributed by atoms with Crippen LogP contribution in [-0.2, 0) is 10.0 Å². The Hall–Kier alpha value is 0.0200. The molecule has 2 aliphatic rings. The van der Waals surface area contributed by atoms with Gasteiger partial charge in [-0.25, -0.2) is 8.42 Å². The van der Waals surface area contributed by atoms with Crippen molar-refractivity contribution >= 4 is 45.0 Å². The van der Waals surface area contributed by atoms with E-state index in [1.165, 1.54) is 24.3 Å². The first kappa shape index (κ1) is 17.8. The van der Waals surface area contributed by atoms with Crippen molar-refractivity contribution in [2.45, 2.75) is 23.8 Å². The van der Waals surface area contributed by atoms with Gasteiger partial charge in [0, 0.05) is 36.5 Å². The fraction of sp³-hybridized carbons (Fsp3) is 0.600. The summed E-state index contributed by atoms with van der Waals surface area (Å²) in [4.78, 5) is 2.55. The molecule has 1 aromatic rings. The van der Waals surface area contributed by atoms with E-state index in [-0.39, 0.29) is 9.92 Å². The molecule has 0 amide bonds. The molecule has 2 aliphatic heterocycles. The first-order chi connectivity index (χ1) is 11.0. The first-order valence-electron chi connectivity index (χ1n) is 7.75. The van der Waals surface area contributed by atoms with E-state index in [9.17, 15) is 8.42 Å². The van der Waals surface area contributed by atoms with Crippen molar-refractivity contribution in [2.75, 3.05) is 37.7 Å². The average molecular weight is 395 g/mol. The average Bonchev–Trinajstić information content (AvgIpc) is 2.93. The van der Waals surface area contributed by atoms with E-state index >= 15 is 0 Å². The van der Waals surface area contributed by atoms with Crippen molar-refractivity contribution in [3.05, 3.63) is 28.2 Å². The van der Waals surface area contributed by atoms with Crippen LogP contribution in [-0.4, -0.2) is 61.3 Å². The summed E-state index contributed by atoms with van der Waals surface area (Å²) in [5.74, 6) is 2.37. The smallest absolute Gasteiger partial charge is 0.244 e. The molecule has 23 heavy (non-hydrogen) atoms. The molecule has 0 radical (unpaired) electrons. The van der Waals surface area contributed by atoms with Crippen LogP contribution in [0.2, 0.25) is 10.0 Å². The molecule has 0 bridgehead atoms. The summed E-state index contributed by atoms with van der Waals surface area (Å²) in [6, 6.07) is 5.18. The minimum atomic E-state index is -3.60. The summed E-state index contributed by atoms with van der Waals surface area (Å²) in [7, 11) is -3.60. The van der Waals surface area contributed by atoms with Gasteiger partial charge in [0.2, 0.25) is 10.0 Å². The number of rotatable bonds is 3. The highest BCUT2D eigenvalue weighted by atomic mass is 35.5. The molecule has 0 N–H and O–H groups in total. The Morgan fingerprint density at radius 3 is 2.70 bits per heavy atom. The third kappa shape index (κ3) is 3.99. The van der Waals surface area contributed by atoms with Crippen LogP contribution < -0.4 is 0 Å². The largest absolute Gasteiger partial charge is 0.298 e. The number of halogens is 2. The highest BCUT2D eigenvalue weighted by Crippen LogP contribution is 2.29. The van der Waals surface area contributed by atoms with Crippen LogP contribution in [0.25, 0.3) is 0 Å². The molecule has 2 saturated heterocycles. The van der Waals surface area contributed by atoms with Crippen molar-refractivity contribution in [3.8, 4) is 0 Å². The topological polar surface area (TPSA) is 40.6 Å². The predicted octanol–water partition coefficient (Wildman–Crippen LogP) is 3.20. The maximum absolute atomic E-state index is 12.9. The third-order valence-electron chi connectivity index (χ3n) is 4.42. The van der Waals surface area contributed by atoms with E-state index in [0.29, 0.717) is 24.2 Å². The van der Waals surface area contributed by atoms with Crippen molar-refractivity contribution in [1.82, 2.24) is 9.21 Å². The molecular formula is C15H20Cl2N2O2S2. The van der Waals surface area contributed by atoms with Gasteiger partial charge in [-0.1, -0.05) is 23.2 Å². The second-order valence-electron chi connectivity index (χ2n) is 5.89. The maximum atomic E-state index is 12.9. The van der Waals surface area contributed by atoms with Gasteiger partial charge >= 0.3 is 0 Å². The highest BCUT2D eigenvalue weighted by molar-refractivity contribution is 7.99. The van der Waals surface area contributed by atoms with Crippen LogP contribution in [0.15, 0.2) is 23.1 Å². The lowest BCUT2D eigenvalue weighted by Crippen LogP contribution is -2.39. The van der Waals surface area contributed by atoms with Gasteiger partial charge in [-0.15, -0.1) is 0 Å². The SMILES string of the molecule is O=S(=O)(c1cc(Cl)ccc1Cl)N1CCCN(C2CCSC2)CC1. The van der Waals surface area contributed by atoms with Crippen LogP contribution in [0, 0.1) is 0 Å². The monoisotopic (exact) mass is 394 g/mol. The quantitative estimate of drug-likeness (QED) is 0.788. The van der Waals surface area contributed by atoms with Crippen LogP contribution in [0.4, 0.5) is 0 Å². The second-order valence-corrected chi connectivity index (χ2v) is 9.79. The highest BCUT2D eigenvalue weighted by Gasteiger charge is 2.31. The zero-order valence-electron chi connectivity index (χ0n) is 12.7. The lowest BCUT2D eigenvalue weighted by Gasteiger charge is -2.26. The molecule has 1 atom stereocenters. The molecule has 1 aromatic carbocycles. The van der Waals surface area contributed by atoms with Crippen molar-refractivity contribution in [3.63, 3.8) is 0 Å². The number of thioether (sulfide) groups is 1. The van der Waals surface area contributed by atoms with E-state index < -0.39 is 10.0 Å². The van der Waals surface area contributed by atoms with Crippen LogP contribution in [0.5, 0.6) is 0 Å². The minimum absolute atomic E-state index is 0.108. The van der Waals surface area contributed by atoms with Gasteiger partial charge in [-0.05, 0) is 43.3 Å². The fourth-order valence-corrected chi connectivity index (χ4v) is 6.61. The summed E-state index contributed by atoms with van der Waals surface area (Å²) in [5, 5.41) is 0.607. The van der Waals surface area contributed by atoms with E-state index in [0.717, 1.165) is 25.3 Å². The molecule has 1 unspecified atom stereocenters. The van der Waals surface area contributed by atoms with E-state index in [1.54, 1.807) is 10.4 Å². The third-order valence-corrected chi connectivity index (χ3v) is 8.18. The number of hydrogen-bond acceptors (Lipinski definition) is 4. The molecule has 0 aromatic heterocycles. The van der Waals surface area contributed by atoms with Gasteiger partial charge in [0.25, 0.3) is 0 Å². The second kappa shape index (κ2) is 7.50. The molecule has 2 fully saturated rings. The van der Waals surface area contributed by atoms with Gasteiger partial charge in [-0.3, -0.25) is 4.90 Å². The number of benzene rings is 1. The molecule has 0 spiro atoms. The standard InChI is InChI=1S/C15H20Cl2N2O2S2/c16-12-2-3-14(17)15(10-12)23(20,21)19-6-1-5-18(7-8-19)13-4-9-22-11-13/h2-3,10,13H,1,4-9,11H2. The Morgan fingerprint density at radius 2 is 1.96 bits per heavy atom. The number of hydrogen-bond donors (Lipinski definition) is 0. The first-order valence-corrected chi connectivity index (χ1v) is 11.1. The van der Waals surface area contributed by atoms with Gasteiger partial charge < -0.3 is 0 Å². The lowest BCUT2D eigenvalue weighted by molar-refractivity contribution is 0.223.